The van der Waals surface area contributed by atoms with Crippen molar-refractivity contribution in [3.05, 3.63) is 53.6 Å². The van der Waals surface area contributed by atoms with Gasteiger partial charge in [-0.15, -0.1) is 0 Å². The molecule has 0 spiro atoms. The molecule has 0 aliphatic carbocycles. The minimum atomic E-state index is -0.0452. The third kappa shape index (κ3) is 7.27. The van der Waals surface area contributed by atoms with Crippen molar-refractivity contribution in [2.75, 3.05) is 16.4 Å². The van der Waals surface area contributed by atoms with E-state index in [2.05, 4.69) is 10.6 Å². The zero-order valence-electron chi connectivity index (χ0n) is 13.9. The van der Waals surface area contributed by atoms with Crippen molar-refractivity contribution < 1.29 is 9.59 Å². The third-order valence-electron chi connectivity index (χ3n) is 3.61. The summed E-state index contributed by atoms with van der Waals surface area (Å²) >= 11 is 5.80. The second kappa shape index (κ2) is 9.69. The largest absolute Gasteiger partial charge is 0.399 e. The highest BCUT2D eigenvalue weighted by Gasteiger charge is 2.05. The number of unbranched alkanes of at least 4 members (excludes halogenated alkanes) is 2. The number of anilines is 3. The van der Waals surface area contributed by atoms with Crippen molar-refractivity contribution in [2.45, 2.75) is 32.1 Å². The highest BCUT2D eigenvalue weighted by atomic mass is 35.5. The molecule has 0 radical (unpaired) electrons. The molecule has 4 N–H and O–H groups in total. The Morgan fingerprint density at radius 3 is 2.04 bits per heavy atom. The molecule has 0 aliphatic heterocycles. The number of halogens is 1. The Bertz CT molecular complexity index is 717. The summed E-state index contributed by atoms with van der Waals surface area (Å²) in [5.41, 5.74) is 7.72. The molecule has 0 bridgehead atoms. The van der Waals surface area contributed by atoms with E-state index in [9.17, 15) is 9.59 Å². The van der Waals surface area contributed by atoms with Crippen LogP contribution < -0.4 is 16.4 Å². The van der Waals surface area contributed by atoms with Crippen LogP contribution in [0.25, 0.3) is 0 Å². The average Bonchev–Trinajstić information content (AvgIpc) is 2.56. The lowest BCUT2D eigenvalue weighted by Gasteiger charge is -2.07. The molecule has 0 saturated carbocycles. The molecular weight excluding hydrogens is 338 g/mol. The van der Waals surface area contributed by atoms with Crippen LogP contribution in [0.2, 0.25) is 5.02 Å². The summed E-state index contributed by atoms with van der Waals surface area (Å²) in [6, 6.07) is 14.1. The Hall–Kier alpha value is -2.53. The SMILES string of the molecule is Nc1cccc(NC(=O)CCCCCC(=O)Nc2ccc(Cl)cc2)c1. The van der Waals surface area contributed by atoms with E-state index in [1.165, 1.54) is 0 Å². The van der Waals surface area contributed by atoms with E-state index in [0.717, 1.165) is 24.9 Å². The Morgan fingerprint density at radius 2 is 1.44 bits per heavy atom. The molecule has 0 heterocycles. The van der Waals surface area contributed by atoms with Gasteiger partial charge in [-0.1, -0.05) is 24.1 Å². The normalized spacial score (nSPS) is 10.3. The lowest BCUT2D eigenvalue weighted by atomic mass is 10.1. The van der Waals surface area contributed by atoms with E-state index in [0.29, 0.717) is 29.2 Å². The highest BCUT2D eigenvalue weighted by molar-refractivity contribution is 6.30. The van der Waals surface area contributed by atoms with Gasteiger partial charge in [0.15, 0.2) is 0 Å². The summed E-state index contributed by atoms with van der Waals surface area (Å²) < 4.78 is 0. The number of carbonyl (C=O) groups is 2. The fourth-order valence-electron chi connectivity index (χ4n) is 2.34. The van der Waals surface area contributed by atoms with Gasteiger partial charge in [0.05, 0.1) is 0 Å². The minimum Gasteiger partial charge on any atom is -0.399 e. The first-order valence-electron chi connectivity index (χ1n) is 8.24. The summed E-state index contributed by atoms with van der Waals surface area (Å²) in [7, 11) is 0. The van der Waals surface area contributed by atoms with Crippen LogP contribution in [0.1, 0.15) is 32.1 Å². The fraction of sp³-hybridized carbons (Fsp3) is 0.263. The van der Waals surface area contributed by atoms with Crippen LogP contribution in [0.15, 0.2) is 48.5 Å². The second-order valence-corrected chi connectivity index (χ2v) is 6.23. The Morgan fingerprint density at radius 1 is 0.840 bits per heavy atom. The topological polar surface area (TPSA) is 84.2 Å². The van der Waals surface area contributed by atoms with Crippen LogP contribution in [0, 0.1) is 0 Å². The van der Waals surface area contributed by atoms with E-state index in [-0.39, 0.29) is 11.8 Å². The van der Waals surface area contributed by atoms with Crippen molar-refractivity contribution >= 4 is 40.5 Å². The first-order chi connectivity index (χ1) is 12.0. The van der Waals surface area contributed by atoms with Crippen LogP contribution in [-0.4, -0.2) is 11.8 Å². The number of amides is 2. The fourth-order valence-corrected chi connectivity index (χ4v) is 2.47. The molecule has 0 aliphatic rings. The van der Waals surface area contributed by atoms with Crippen molar-refractivity contribution in [1.82, 2.24) is 0 Å². The van der Waals surface area contributed by atoms with Crippen molar-refractivity contribution in [3.63, 3.8) is 0 Å². The Balaban J connectivity index is 1.58. The summed E-state index contributed by atoms with van der Waals surface area (Å²) in [6.45, 7) is 0. The van der Waals surface area contributed by atoms with Crippen molar-refractivity contribution in [1.29, 1.82) is 0 Å². The van der Waals surface area contributed by atoms with Crippen molar-refractivity contribution in [2.24, 2.45) is 0 Å². The van der Waals surface area contributed by atoms with Gasteiger partial charge in [0.25, 0.3) is 0 Å². The summed E-state index contributed by atoms with van der Waals surface area (Å²) in [5, 5.41) is 6.26. The quantitative estimate of drug-likeness (QED) is 0.481. The maximum Gasteiger partial charge on any atom is 0.224 e. The lowest BCUT2D eigenvalue weighted by molar-refractivity contribution is -0.116. The van der Waals surface area contributed by atoms with Gasteiger partial charge in [0.1, 0.15) is 0 Å². The van der Waals surface area contributed by atoms with Gasteiger partial charge in [-0.2, -0.15) is 0 Å². The van der Waals surface area contributed by atoms with E-state index < -0.39 is 0 Å². The highest BCUT2D eigenvalue weighted by Crippen LogP contribution is 2.15. The number of nitrogens with one attached hydrogen (secondary N) is 2. The predicted octanol–water partition coefficient (Wildman–Crippen LogP) is 4.45. The number of hydrogen-bond donors (Lipinski definition) is 3. The molecule has 0 fully saturated rings. The van der Waals surface area contributed by atoms with Gasteiger partial charge < -0.3 is 16.4 Å². The van der Waals surface area contributed by atoms with Crippen LogP contribution >= 0.6 is 11.6 Å². The molecule has 2 aromatic rings. The number of carbonyl (C=O) groups excluding carboxylic acids is 2. The number of nitrogen functional groups attached to an aromatic ring is 1. The summed E-state index contributed by atoms with van der Waals surface area (Å²) in [4.78, 5) is 23.7. The zero-order chi connectivity index (χ0) is 18.1. The first kappa shape index (κ1) is 18.8. The Kier molecular flexibility index (Phi) is 7.29. The minimum absolute atomic E-state index is 0.0356. The molecule has 0 aromatic heterocycles. The van der Waals surface area contributed by atoms with E-state index >= 15 is 0 Å². The molecule has 0 atom stereocenters. The van der Waals surface area contributed by atoms with Gasteiger partial charge in [0, 0.05) is 34.9 Å². The van der Waals surface area contributed by atoms with Crippen LogP contribution in [0.4, 0.5) is 17.1 Å². The van der Waals surface area contributed by atoms with Gasteiger partial charge in [0.2, 0.25) is 11.8 Å². The maximum absolute atomic E-state index is 11.8. The molecule has 25 heavy (non-hydrogen) atoms. The molecule has 6 heteroatoms. The van der Waals surface area contributed by atoms with E-state index in [1.54, 1.807) is 48.5 Å². The second-order valence-electron chi connectivity index (χ2n) is 5.79. The molecule has 2 rings (SSSR count). The monoisotopic (exact) mass is 359 g/mol. The van der Waals surface area contributed by atoms with Crippen LogP contribution in [-0.2, 0) is 9.59 Å². The smallest absolute Gasteiger partial charge is 0.224 e. The van der Waals surface area contributed by atoms with Crippen LogP contribution in [0.5, 0.6) is 0 Å². The van der Waals surface area contributed by atoms with Crippen molar-refractivity contribution in [3.8, 4) is 0 Å². The standard InChI is InChI=1S/C19H22ClN3O2/c20-14-9-11-16(12-10-14)22-18(24)7-2-1-3-8-19(25)23-17-6-4-5-15(21)13-17/h4-6,9-13H,1-3,7-8,21H2,(H,22,24)(H,23,25). The van der Waals surface area contributed by atoms with Gasteiger partial charge >= 0.3 is 0 Å². The van der Waals surface area contributed by atoms with Crippen LogP contribution in [0.3, 0.4) is 0 Å². The zero-order valence-corrected chi connectivity index (χ0v) is 14.7. The molecule has 0 unspecified atom stereocenters. The molecule has 132 valence electrons. The van der Waals surface area contributed by atoms with E-state index in [1.807, 2.05) is 0 Å². The summed E-state index contributed by atoms with van der Waals surface area (Å²) in [6.07, 6.45) is 3.15. The maximum atomic E-state index is 11.8. The van der Waals surface area contributed by atoms with E-state index in [4.69, 9.17) is 17.3 Å². The third-order valence-corrected chi connectivity index (χ3v) is 3.86. The molecule has 2 amide bonds. The number of benzene rings is 2. The number of nitrogens with two attached hydrogens (primary N) is 1. The molecule has 5 nitrogen and oxygen atoms in total. The first-order valence-corrected chi connectivity index (χ1v) is 8.61. The average molecular weight is 360 g/mol. The molecular formula is C19H22ClN3O2. The van der Waals surface area contributed by atoms with Gasteiger partial charge in [-0.3, -0.25) is 9.59 Å². The summed E-state index contributed by atoms with van der Waals surface area (Å²) in [5.74, 6) is -0.0808. The lowest BCUT2D eigenvalue weighted by Crippen LogP contribution is -2.12. The van der Waals surface area contributed by atoms with Gasteiger partial charge in [-0.25, -0.2) is 0 Å². The number of rotatable bonds is 8. The predicted molar refractivity (Wildman–Crippen MR) is 103 cm³/mol. The number of hydrogen-bond acceptors (Lipinski definition) is 3. The molecule has 0 saturated heterocycles. The Labute approximate surface area is 152 Å². The molecule has 2 aromatic carbocycles. The van der Waals surface area contributed by atoms with Gasteiger partial charge in [-0.05, 0) is 55.3 Å².